The Morgan fingerprint density at radius 1 is 1.35 bits per heavy atom. The van der Waals surface area contributed by atoms with Gasteiger partial charge in [0.25, 0.3) is 0 Å². The van der Waals surface area contributed by atoms with Gasteiger partial charge in [-0.25, -0.2) is 15.8 Å². The van der Waals surface area contributed by atoms with Crippen molar-refractivity contribution in [1.82, 2.24) is 9.97 Å². The summed E-state index contributed by atoms with van der Waals surface area (Å²) in [5.74, 6) is 9.52. The summed E-state index contributed by atoms with van der Waals surface area (Å²) in [7, 11) is 0. The van der Waals surface area contributed by atoms with Gasteiger partial charge in [0.05, 0.1) is 0 Å². The van der Waals surface area contributed by atoms with E-state index >= 15 is 0 Å². The molecule has 20 heavy (non-hydrogen) atoms. The summed E-state index contributed by atoms with van der Waals surface area (Å²) in [6.45, 7) is 13.1. The van der Waals surface area contributed by atoms with Crippen LogP contribution in [0.5, 0.6) is 0 Å². The summed E-state index contributed by atoms with van der Waals surface area (Å²) in [4.78, 5) is 11.6. The molecule has 0 amide bonds. The molecular weight excluding hydrogens is 250 g/mol. The normalized spacial score (nSPS) is 19.8. The molecular formula is C15H27N5. The average molecular weight is 277 g/mol. The van der Waals surface area contributed by atoms with Gasteiger partial charge >= 0.3 is 0 Å². The van der Waals surface area contributed by atoms with Gasteiger partial charge in [-0.05, 0) is 18.3 Å². The summed E-state index contributed by atoms with van der Waals surface area (Å²) in [5.41, 5.74) is 2.57. The number of nitrogens with zero attached hydrogens (tertiary/aromatic N) is 3. The van der Waals surface area contributed by atoms with Crippen LogP contribution in [-0.2, 0) is 5.41 Å². The number of rotatable bonds is 3. The van der Waals surface area contributed by atoms with Crippen molar-refractivity contribution in [3.05, 3.63) is 11.9 Å². The molecule has 0 radical (unpaired) electrons. The van der Waals surface area contributed by atoms with Gasteiger partial charge < -0.3 is 10.3 Å². The Morgan fingerprint density at radius 3 is 2.55 bits per heavy atom. The Balaban J connectivity index is 2.28. The van der Waals surface area contributed by atoms with Gasteiger partial charge in [-0.3, -0.25) is 0 Å². The fraction of sp³-hybridized carbons (Fsp3) is 0.733. The van der Waals surface area contributed by atoms with E-state index in [1.807, 2.05) is 6.07 Å². The molecule has 0 spiro atoms. The second kappa shape index (κ2) is 5.56. The minimum Gasteiger partial charge on any atom is -0.356 e. The van der Waals surface area contributed by atoms with E-state index in [2.05, 4.69) is 49.9 Å². The smallest absolute Gasteiger partial charge is 0.145 e. The minimum absolute atomic E-state index is 0.0845. The van der Waals surface area contributed by atoms with Crippen LogP contribution in [0.3, 0.4) is 0 Å². The van der Waals surface area contributed by atoms with Crippen LogP contribution in [0.4, 0.5) is 11.6 Å². The molecule has 0 saturated carbocycles. The van der Waals surface area contributed by atoms with E-state index < -0.39 is 0 Å². The molecule has 0 aromatic carbocycles. The van der Waals surface area contributed by atoms with E-state index in [4.69, 9.17) is 10.8 Å². The molecule has 1 unspecified atom stereocenters. The molecule has 1 aromatic heterocycles. The maximum atomic E-state index is 5.55. The van der Waals surface area contributed by atoms with Gasteiger partial charge in [-0.2, -0.15) is 0 Å². The molecule has 0 aliphatic carbocycles. The molecule has 2 rings (SSSR count). The highest BCUT2D eigenvalue weighted by molar-refractivity contribution is 5.50. The van der Waals surface area contributed by atoms with E-state index in [1.54, 1.807) is 0 Å². The van der Waals surface area contributed by atoms with E-state index in [0.29, 0.717) is 5.82 Å². The van der Waals surface area contributed by atoms with Crippen molar-refractivity contribution in [2.24, 2.45) is 17.7 Å². The van der Waals surface area contributed by atoms with Crippen LogP contribution in [-0.4, -0.2) is 23.1 Å². The highest BCUT2D eigenvalue weighted by atomic mass is 15.3. The topological polar surface area (TPSA) is 67.1 Å². The van der Waals surface area contributed by atoms with Crippen LogP contribution < -0.4 is 16.2 Å². The van der Waals surface area contributed by atoms with E-state index in [0.717, 1.165) is 36.6 Å². The number of hydrazine groups is 1. The lowest BCUT2D eigenvalue weighted by Crippen LogP contribution is -2.26. The zero-order valence-electron chi connectivity index (χ0n) is 13.3. The van der Waals surface area contributed by atoms with E-state index in [-0.39, 0.29) is 5.41 Å². The number of aromatic nitrogens is 2. The first-order valence-corrected chi connectivity index (χ1v) is 7.42. The third kappa shape index (κ3) is 3.20. The molecule has 1 aliphatic rings. The van der Waals surface area contributed by atoms with Crippen molar-refractivity contribution in [3.63, 3.8) is 0 Å². The van der Waals surface area contributed by atoms with Crippen LogP contribution in [0, 0.1) is 11.8 Å². The summed E-state index contributed by atoms with van der Waals surface area (Å²) in [6.07, 6.45) is 1.23. The molecule has 1 saturated heterocycles. The lowest BCUT2D eigenvalue weighted by Gasteiger charge is -2.23. The SMILES string of the molecule is CC(C)C1CCN(c2cc(NN)nc(C(C)(C)C)n2)C1. The first kappa shape index (κ1) is 15.0. The van der Waals surface area contributed by atoms with Crippen molar-refractivity contribution in [2.75, 3.05) is 23.4 Å². The predicted molar refractivity (Wildman–Crippen MR) is 83.7 cm³/mol. The van der Waals surface area contributed by atoms with Gasteiger partial charge in [0.1, 0.15) is 17.5 Å². The second-order valence-electron chi connectivity index (χ2n) is 7.07. The van der Waals surface area contributed by atoms with Gasteiger partial charge in [0.15, 0.2) is 0 Å². The quantitative estimate of drug-likeness (QED) is 0.656. The Morgan fingerprint density at radius 2 is 2.05 bits per heavy atom. The summed E-state index contributed by atoms with van der Waals surface area (Å²) >= 11 is 0. The van der Waals surface area contributed by atoms with Gasteiger partial charge in [0.2, 0.25) is 0 Å². The van der Waals surface area contributed by atoms with Crippen LogP contribution in [0.15, 0.2) is 6.07 Å². The van der Waals surface area contributed by atoms with Crippen LogP contribution in [0.1, 0.15) is 46.9 Å². The molecule has 5 nitrogen and oxygen atoms in total. The number of anilines is 2. The first-order valence-electron chi connectivity index (χ1n) is 7.42. The Labute approximate surface area is 121 Å². The number of nitrogen functional groups attached to an aromatic ring is 1. The molecule has 1 atom stereocenters. The molecule has 0 bridgehead atoms. The fourth-order valence-electron chi connectivity index (χ4n) is 2.55. The van der Waals surface area contributed by atoms with E-state index in [9.17, 15) is 0 Å². The summed E-state index contributed by atoms with van der Waals surface area (Å²) in [5, 5.41) is 0. The summed E-state index contributed by atoms with van der Waals surface area (Å²) in [6, 6.07) is 1.94. The lowest BCUT2D eigenvalue weighted by molar-refractivity contribution is 0.422. The van der Waals surface area contributed by atoms with Crippen molar-refractivity contribution in [3.8, 4) is 0 Å². The van der Waals surface area contributed by atoms with Gasteiger partial charge in [-0.15, -0.1) is 0 Å². The van der Waals surface area contributed by atoms with Gasteiger partial charge in [-0.1, -0.05) is 34.6 Å². The Hall–Kier alpha value is -1.36. The van der Waals surface area contributed by atoms with Crippen molar-refractivity contribution < 1.29 is 0 Å². The third-order valence-electron chi connectivity index (χ3n) is 4.02. The van der Waals surface area contributed by atoms with Crippen LogP contribution in [0.2, 0.25) is 0 Å². The molecule has 3 N–H and O–H groups in total. The average Bonchev–Trinajstić information content (AvgIpc) is 2.87. The maximum Gasteiger partial charge on any atom is 0.145 e. The molecule has 1 fully saturated rings. The zero-order chi connectivity index (χ0) is 14.9. The highest BCUT2D eigenvalue weighted by Gasteiger charge is 2.27. The standard InChI is InChI=1S/C15H27N5/c1-10(2)11-6-7-20(9-11)13-8-12(19-16)17-14(18-13)15(3,4)5/h8,10-11H,6-7,9,16H2,1-5H3,(H,17,18,19). The fourth-order valence-corrected chi connectivity index (χ4v) is 2.55. The molecule has 5 heteroatoms. The summed E-state index contributed by atoms with van der Waals surface area (Å²) < 4.78 is 0. The van der Waals surface area contributed by atoms with Crippen molar-refractivity contribution in [2.45, 2.75) is 46.5 Å². The monoisotopic (exact) mass is 277 g/mol. The van der Waals surface area contributed by atoms with Gasteiger partial charge in [0, 0.05) is 24.6 Å². The number of hydrogen-bond donors (Lipinski definition) is 2. The zero-order valence-corrected chi connectivity index (χ0v) is 13.3. The number of nitrogens with one attached hydrogen (secondary N) is 1. The van der Waals surface area contributed by atoms with E-state index in [1.165, 1.54) is 6.42 Å². The first-order chi connectivity index (χ1) is 9.31. The molecule has 1 aromatic rings. The van der Waals surface area contributed by atoms with Crippen molar-refractivity contribution >= 4 is 11.6 Å². The van der Waals surface area contributed by atoms with Crippen LogP contribution in [0.25, 0.3) is 0 Å². The number of nitrogens with two attached hydrogens (primary N) is 1. The Bertz CT molecular complexity index is 464. The van der Waals surface area contributed by atoms with Crippen LogP contribution >= 0.6 is 0 Å². The van der Waals surface area contributed by atoms with Crippen molar-refractivity contribution in [1.29, 1.82) is 0 Å². The molecule has 112 valence electrons. The minimum atomic E-state index is -0.0845. The predicted octanol–water partition coefficient (Wildman–Crippen LogP) is 2.54. The Kier molecular flexibility index (Phi) is 4.18. The molecule has 1 aliphatic heterocycles. The molecule has 2 heterocycles. The highest BCUT2D eigenvalue weighted by Crippen LogP contribution is 2.29. The lowest BCUT2D eigenvalue weighted by atomic mass is 9.95. The largest absolute Gasteiger partial charge is 0.356 e. The number of hydrogen-bond acceptors (Lipinski definition) is 5. The second-order valence-corrected chi connectivity index (χ2v) is 7.07. The maximum absolute atomic E-state index is 5.55. The third-order valence-corrected chi connectivity index (χ3v) is 4.02.